The Morgan fingerprint density at radius 1 is 0.921 bits per heavy atom. The van der Waals surface area contributed by atoms with Crippen LogP contribution in [0.1, 0.15) is 39.4 Å². The van der Waals surface area contributed by atoms with Gasteiger partial charge in [-0.2, -0.15) is 0 Å². The summed E-state index contributed by atoms with van der Waals surface area (Å²) in [5.74, 6) is -1.69. The molecule has 0 aliphatic heterocycles. The molecule has 218 valence electrons. The van der Waals surface area contributed by atoms with Crippen LogP contribution in [0.3, 0.4) is 0 Å². The summed E-state index contributed by atoms with van der Waals surface area (Å²) in [6, 6.07) is 2.83. The Morgan fingerprint density at radius 2 is 1.45 bits per heavy atom. The summed E-state index contributed by atoms with van der Waals surface area (Å²) in [5.41, 5.74) is 1.05. The molecular weight excluding hydrogens is 514 g/mol. The lowest BCUT2D eigenvalue weighted by atomic mass is 10.4. The van der Waals surface area contributed by atoms with Crippen molar-refractivity contribution in [3.8, 4) is 0 Å². The Balaban J connectivity index is 0. The van der Waals surface area contributed by atoms with E-state index in [1.54, 1.807) is 35.4 Å². The first-order chi connectivity index (χ1) is 18.3. The molecule has 0 aliphatic carbocycles. The van der Waals surface area contributed by atoms with Crippen molar-refractivity contribution < 1.29 is 62.1 Å². The Labute approximate surface area is 220 Å². The first-order valence-electron chi connectivity index (χ1n) is 10.8. The quantitative estimate of drug-likeness (QED) is 0.120. The van der Waals surface area contributed by atoms with Gasteiger partial charge in [-0.25, -0.2) is 9.59 Å². The molecule has 0 amide bonds. The van der Waals surface area contributed by atoms with Crippen molar-refractivity contribution in [2.24, 2.45) is 5.16 Å². The van der Waals surface area contributed by atoms with Crippen LogP contribution in [0.4, 0.5) is 0 Å². The molecule has 0 saturated heterocycles. The maximum atomic E-state index is 11.1. The van der Waals surface area contributed by atoms with E-state index >= 15 is 0 Å². The summed E-state index contributed by atoms with van der Waals surface area (Å²) in [7, 11) is 9.32. The first-order valence-corrected chi connectivity index (χ1v) is 10.8. The van der Waals surface area contributed by atoms with Crippen molar-refractivity contribution in [2.45, 2.75) is 26.4 Å². The number of carbonyl (C=O) groups excluding carboxylic acids is 1. The van der Waals surface area contributed by atoms with Crippen LogP contribution in [0.15, 0.2) is 26.3 Å². The molecule has 0 unspecified atom stereocenters. The lowest BCUT2D eigenvalue weighted by Gasteiger charge is -2.10. The fraction of sp³-hybridized carbons (Fsp3) is 0.591. The summed E-state index contributed by atoms with van der Waals surface area (Å²) < 4.78 is 42.2. The van der Waals surface area contributed by atoms with Gasteiger partial charge in [0.1, 0.15) is 11.4 Å². The molecule has 0 bridgehead atoms. The Bertz CT molecular complexity index is 866. The Kier molecular flexibility index (Phi) is 24.4. The predicted octanol–water partition coefficient (Wildman–Crippen LogP) is 1.86. The summed E-state index contributed by atoms with van der Waals surface area (Å²) in [6.07, 6.45) is 1.04. The minimum absolute atomic E-state index is 0.105. The summed E-state index contributed by atoms with van der Waals surface area (Å²) in [4.78, 5) is 21.3. The predicted molar refractivity (Wildman–Crippen MR) is 129 cm³/mol. The minimum atomic E-state index is -1.13. The van der Waals surface area contributed by atoms with Gasteiger partial charge in [-0.3, -0.25) is 0 Å². The van der Waals surface area contributed by atoms with E-state index in [-0.39, 0.29) is 24.4 Å². The molecule has 0 fully saturated rings. The molecule has 0 spiro atoms. The number of esters is 1. The molecular formula is C22H37N3O13. The molecule has 16 heteroatoms. The van der Waals surface area contributed by atoms with Crippen LogP contribution in [0.25, 0.3) is 0 Å². The fourth-order valence-corrected chi connectivity index (χ4v) is 1.93. The van der Waals surface area contributed by atoms with Crippen LogP contribution in [0, 0.1) is 0 Å². The number of carboxylic acid groups (broad SMARTS) is 1. The van der Waals surface area contributed by atoms with E-state index in [9.17, 15) is 9.59 Å². The molecule has 0 radical (unpaired) electrons. The lowest BCUT2D eigenvalue weighted by Crippen LogP contribution is -2.18. The fourth-order valence-electron chi connectivity index (χ4n) is 1.93. The van der Waals surface area contributed by atoms with Gasteiger partial charge in [-0.05, 0) is 6.92 Å². The number of ether oxygens (including phenoxy) is 7. The Morgan fingerprint density at radius 3 is 1.76 bits per heavy atom. The van der Waals surface area contributed by atoms with Crippen LogP contribution >= 0.6 is 0 Å². The van der Waals surface area contributed by atoms with Crippen molar-refractivity contribution in [3.63, 3.8) is 0 Å². The number of oxime groups is 1. The highest BCUT2D eigenvalue weighted by atomic mass is 16.7. The second-order valence-electron chi connectivity index (χ2n) is 6.37. The standard InChI is InChI=1S/C8H11NO4.C6H7NO4.C5H12O3.C3H7NO2/c1-3-12-8(10)7-4-6(5-11-2)9-13-7;1-10-3-4-2-5(6(8)9)11-7-4;1-6-4-5(7-2)8-3;1-6-3-2-4-5/h4H,3,5H2,1-2H3;2H,3H2,1H3,(H,8,9);5H,4H2,1-3H3;2,5H,3H2,1H3/b;;;4-2+. The smallest absolute Gasteiger partial charge is 0.377 e. The van der Waals surface area contributed by atoms with E-state index in [1.165, 1.54) is 32.6 Å². The molecule has 0 atom stereocenters. The molecule has 0 aromatic carbocycles. The third kappa shape index (κ3) is 18.8. The topological polar surface area (TPSA) is 204 Å². The van der Waals surface area contributed by atoms with Crippen molar-refractivity contribution >= 4 is 18.2 Å². The molecule has 2 N–H and O–H groups in total. The van der Waals surface area contributed by atoms with Gasteiger partial charge in [-0.1, -0.05) is 15.5 Å². The van der Waals surface area contributed by atoms with Crippen LogP contribution < -0.4 is 0 Å². The molecule has 0 saturated carbocycles. The summed E-state index contributed by atoms with van der Waals surface area (Å²) in [6.45, 7) is 3.48. The van der Waals surface area contributed by atoms with E-state index in [4.69, 9.17) is 43.3 Å². The van der Waals surface area contributed by atoms with Gasteiger partial charge in [0.25, 0.3) is 0 Å². The van der Waals surface area contributed by atoms with Gasteiger partial charge in [-0.15, -0.1) is 0 Å². The summed E-state index contributed by atoms with van der Waals surface area (Å²) >= 11 is 0. The van der Waals surface area contributed by atoms with Crippen LogP contribution in [0.2, 0.25) is 0 Å². The highest BCUT2D eigenvalue weighted by Gasteiger charge is 2.13. The van der Waals surface area contributed by atoms with E-state index in [0.717, 1.165) is 0 Å². The zero-order valence-electron chi connectivity index (χ0n) is 22.6. The highest BCUT2D eigenvalue weighted by molar-refractivity contribution is 5.86. The molecule has 0 aliphatic rings. The van der Waals surface area contributed by atoms with Crippen LogP contribution in [-0.2, 0) is 46.4 Å². The van der Waals surface area contributed by atoms with Gasteiger partial charge < -0.3 is 52.5 Å². The van der Waals surface area contributed by atoms with E-state index in [2.05, 4.69) is 24.7 Å². The Hall–Kier alpha value is -3.41. The number of hydrogen-bond donors (Lipinski definition) is 2. The second-order valence-corrected chi connectivity index (χ2v) is 6.37. The second kappa shape index (κ2) is 25.2. The van der Waals surface area contributed by atoms with E-state index < -0.39 is 11.9 Å². The third-order valence-corrected chi connectivity index (χ3v) is 3.54. The minimum Gasteiger partial charge on any atom is -0.475 e. The maximum Gasteiger partial charge on any atom is 0.377 e. The number of hydrogen-bond acceptors (Lipinski definition) is 15. The number of methoxy groups -OCH3 is 6. The van der Waals surface area contributed by atoms with Crippen molar-refractivity contribution in [3.05, 3.63) is 35.0 Å². The number of aromatic carboxylic acids is 1. The first kappa shape index (κ1) is 36.7. The number of aromatic nitrogens is 2. The molecule has 2 heterocycles. The van der Waals surface area contributed by atoms with Crippen LogP contribution in [0.5, 0.6) is 0 Å². The van der Waals surface area contributed by atoms with Crippen LogP contribution in [-0.4, -0.2) is 108 Å². The molecule has 2 aromatic rings. The monoisotopic (exact) mass is 551 g/mol. The van der Waals surface area contributed by atoms with Gasteiger partial charge >= 0.3 is 11.9 Å². The number of carboxylic acids is 1. The lowest BCUT2D eigenvalue weighted by molar-refractivity contribution is -0.133. The average Bonchev–Trinajstić information content (AvgIpc) is 3.58. The largest absolute Gasteiger partial charge is 0.475 e. The maximum absolute atomic E-state index is 11.1. The summed E-state index contributed by atoms with van der Waals surface area (Å²) in [5, 5.41) is 25.8. The van der Waals surface area contributed by atoms with Crippen molar-refractivity contribution in [2.75, 3.05) is 62.5 Å². The normalized spacial score (nSPS) is 10.1. The van der Waals surface area contributed by atoms with Gasteiger partial charge in [0.15, 0.2) is 6.29 Å². The molecule has 2 aromatic heterocycles. The molecule has 38 heavy (non-hydrogen) atoms. The van der Waals surface area contributed by atoms with Crippen molar-refractivity contribution in [1.29, 1.82) is 0 Å². The highest BCUT2D eigenvalue weighted by Crippen LogP contribution is 2.06. The third-order valence-electron chi connectivity index (χ3n) is 3.54. The number of nitrogens with zero attached hydrogens (tertiary/aromatic N) is 3. The van der Waals surface area contributed by atoms with E-state index in [1.807, 2.05) is 0 Å². The van der Waals surface area contributed by atoms with Crippen molar-refractivity contribution in [1.82, 2.24) is 10.3 Å². The SMILES string of the molecule is CCOC(=O)c1cc(COC)no1.COC/C=N/O.COCC(OC)OC.COCc1cc(C(=O)O)on1. The number of carbonyl (C=O) groups is 2. The van der Waals surface area contributed by atoms with Gasteiger partial charge in [0.2, 0.25) is 11.5 Å². The number of rotatable bonds is 13. The average molecular weight is 552 g/mol. The molecule has 2 rings (SSSR count). The van der Waals surface area contributed by atoms with Gasteiger partial charge in [0.05, 0.1) is 39.2 Å². The van der Waals surface area contributed by atoms with E-state index in [0.29, 0.717) is 37.8 Å². The van der Waals surface area contributed by atoms with Gasteiger partial charge in [0, 0.05) is 54.8 Å². The zero-order valence-corrected chi connectivity index (χ0v) is 22.6. The molecule has 16 nitrogen and oxygen atoms in total. The zero-order chi connectivity index (χ0) is 29.2.